The van der Waals surface area contributed by atoms with E-state index in [-0.39, 0.29) is 18.2 Å². The van der Waals surface area contributed by atoms with Crippen molar-refractivity contribution in [1.29, 1.82) is 0 Å². The van der Waals surface area contributed by atoms with Gasteiger partial charge in [0.25, 0.3) is 0 Å². The lowest BCUT2D eigenvalue weighted by atomic mass is 9.89. The minimum absolute atomic E-state index is 0.0953. The number of nitrogens with one attached hydrogen (secondary N) is 2. The molecule has 0 fully saturated rings. The SMILES string of the molecule is COc1cc2c(cc1NC(=O)C1CC(=O)Nc3ccccc31)oc1ccccc12. The first-order valence-electron chi connectivity index (χ1n) is 9.33. The summed E-state index contributed by atoms with van der Waals surface area (Å²) >= 11 is 0. The predicted octanol–water partition coefficient (Wildman–Crippen LogP) is 4.66. The van der Waals surface area contributed by atoms with Crippen LogP contribution in [0.4, 0.5) is 11.4 Å². The smallest absolute Gasteiger partial charge is 0.232 e. The second kappa shape index (κ2) is 6.67. The van der Waals surface area contributed by atoms with Crippen LogP contribution in [0.2, 0.25) is 0 Å². The van der Waals surface area contributed by atoms with Gasteiger partial charge in [0.15, 0.2) is 0 Å². The Morgan fingerprint density at radius 2 is 1.86 bits per heavy atom. The maximum Gasteiger partial charge on any atom is 0.232 e. The molecule has 6 heteroatoms. The Hall–Kier alpha value is -3.80. The van der Waals surface area contributed by atoms with E-state index < -0.39 is 5.92 Å². The molecule has 2 amide bonds. The molecule has 1 aliphatic heterocycles. The van der Waals surface area contributed by atoms with Crippen molar-refractivity contribution in [3.8, 4) is 5.75 Å². The molecular formula is C23H18N2O4. The Balaban J connectivity index is 1.54. The van der Waals surface area contributed by atoms with Gasteiger partial charge in [0.1, 0.15) is 16.9 Å². The highest BCUT2D eigenvalue weighted by Gasteiger charge is 2.31. The average Bonchev–Trinajstić information content (AvgIpc) is 3.09. The van der Waals surface area contributed by atoms with Gasteiger partial charge < -0.3 is 19.8 Å². The number of ether oxygens (including phenoxy) is 1. The monoisotopic (exact) mass is 386 g/mol. The molecule has 0 spiro atoms. The fraction of sp³-hybridized carbons (Fsp3) is 0.130. The Labute approximate surface area is 166 Å². The number of benzene rings is 3. The molecule has 1 aliphatic rings. The van der Waals surface area contributed by atoms with Gasteiger partial charge in [-0.2, -0.15) is 0 Å². The molecule has 0 bridgehead atoms. The van der Waals surface area contributed by atoms with Crippen LogP contribution in [0.25, 0.3) is 21.9 Å². The highest BCUT2D eigenvalue weighted by molar-refractivity contribution is 6.09. The van der Waals surface area contributed by atoms with E-state index in [9.17, 15) is 9.59 Å². The molecule has 0 saturated heterocycles. The van der Waals surface area contributed by atoms with Crippen LogP contribution >= 0.6 is 0 Å². The molecule has 4 aromatic rings. The van der Waals surface area contributed by atoms with Gasteiger partial charge in [-0.1, -0.05) is 36.4 Å². The fourth-order valence-electron chi connectivity index (χ4n) is 3.88. The second-order valence-corrected chi connectivity index (χ2v) is 7.03. The van der Waals surface area contributed by atoms with Crippen LogP contribution in [-0.2, 0) is 9.59 Å². The number of rotatable bonds is 3. The summed E-state index contributed by atoms with van der Waals surface area (Å²) in [6, 6.07) is 18.7. The summed E-state index contributed by atoms with van der Waals surface area (Å²) in [6.07, 6.45) is 0.0953. The maximum atomic E-state index is 13.1. The lowest BCUT2D eigenvalue weighted by Crippen LogP contribution is -2.30. The van der Waals surface area contributed by atoms with Gasteiger partial charge in [-0.05, 0) is 23.8 Å². The summed E-state index contributed by atoms with van der Waals surface area (Å²) < 4.78 is 11.4. The Bertz CT molecular complexity index is 1270. The largest absolute Gasteiger partial charge is 0.495 e. The van der Waals surface area contributed by atoms with Crippen LogP contribution in [0.15, 0.2) is 65.1 Å². The van der Waals surface area contributed by atoms with Crippen LogP contribution in [0.5, 0.6) is 5.75 Å². The minimum atomic E-state index is -0.573. The van der Waals surface area contributed by atoms with Crippen molar-refractivity contribution >= 4 is 45.1 Å². The van der Waals surface area contributed by atoms with Crippen molar-refractivity contribution in [2.45, 2.75) is 12.3 Å². The molecular weight excluding hydrogens is 368 g/mol. The standard InChI is InChI=1S/C23H18N2O4/c1-28-21-10-15-14-7-3-5-9-19(14)29-20(15)12-18(21)25-23(27)16-11-22(26)24-17-8-4-2-6-13(16)17/h2-10,12,16H,11H2,1H3,(H,24,26)(H,25,27). The molecule has 0 saturated carbocycles. The zero-order valence-electron chi connectivity index (χ0n) is 15.7. The third kappa shape index (κ3) is 2.89. The summed E-state index contributed by atoms with van der Waals surface area (Å²) in [5.74, 6) is -0.480. The third-order valence-corrected chi connectivity index (χ3v) is 5.27. The Morgan fingerprint density at radius 3 is 2.72 bits per heavy atom. The summed E-state index contributed by atoms with van der Waals surface area (Å²) in [5.41, 5.74) is 3.40. The van der Waals surface area contributed by atoms with E-state index in [1.54, 1.807) is 19.2 Å². The van der Waals surface area contributed by atoms with Crippen molar-refractivity contribution < 1.29 is 18.7 Å². The number of fused-ring (bicyclic) bond motifs is 4. The highest BCUT2D eigenvalue weighted by Crippen LogP contribution is 2.38. The normalized spacial score (nSPS) is 15.8. The molecule has 144 valence electrons. The third-order valence-electron chi connectivity index (χ3n) is 5.27. The van der Waals surface area contributed by atoms with Crippen LogP contribution in [0.3, 0.4) is 0 Å². The van der Waals surface area contributed by atoms with Gasteiger partial charge in [-0.3, -0.25) is 9.59 Å². The number of amides is 2. The number of furan rings is 1. The second-order valence-electron chi connectivity index (χ2n) is 7.03. The number of para-hydroxylation sites is 2. The van der Waals surface area contributed by atoms with Gasteiger partial charge in [0, 0.05) is 28.9 Å². The van der Waals surface area contributed by atoms with Crippen molar-refractivity contribution in [3.05, 3.63) is 66.2 Å². The molecule has 29 heavy (non-hydrogen) atoms. The molecule has 5 rings (SSSR count). The van der Waals surface area contributed by atoms with E-state index in [4.69, 9.17) is 9.15 Å². The molecule has 0 radical (unpaired) electrons. The van der Waals surface area contributed by atoms with E-state index in [2.05, 4.69) is 10.6 Å². The van der Waals surface area contributed by atoms with Gasteiger partial charge >= 0.3 is 0 Å². The molecule has 1 atom stereocenters. The lowest BCUT2D eigenvalue weighted by Gasteiger charge is -2.25. The van der Waals surface area contributed by atoms with Crippen LogP contribution in [0, 0.1) is 0 Å². The quantitative estimate of drug-likeness (QED) is 0.537. The van der Waals surface area contributed by atoms with Crippen molar-refractivity contribution in [2.24, 2.45) is 0 Å². The summed E-state index contributed by atoms with van der Waals surface area (Å²) in [7, 11) is 1.56. The van der Waals surface area contributed by atoms with E-state index >= 15 is 0 Å². The Kier molecular flexibility index (Phi) is 3.98. The minimum Gasteiger partial charge on any atom is -0.495 e. The average molecular weight is 386 g/mol. The number of methoxy groups -OCH3 is 1. The molecule has 3 aromatic carbocycles. The van der Waals surface area contributed by atoms with Crippen LogP contribution < -0.4 is 15.4 Å². The fourth-order valence-corrected chi connectivity index (χ4v) is 3.88. The van der Waals surface area contributed by atoms with E-state index in [0.29, 0.717) is 22.7 Å². The zero-order valence-corrected chi connectivity index (χ0v) is 15.7. The summed E-state index contributed by atoms with van der Waals surface area (Å²) in [6.45, 7) is 0. The molecule has 6 nitrogen and oxygen atoms in total. The van der Waals surface area contributed by atoms with Gasteiger partial charge in [0.2, 0.25) is 11.8 Å². The van der Waals surface area contributed by atoms with Crippen molar-refractivity contribution in [2.75, 3.05) is 17.7 Å². The molecule has 0 aliphatic carbocycles. The number of carbonyl (C=O) groups excluding carboxylic acids is 2. The van der Waals surface area contributed by atoms with Crippen molar-refractivity contribution in [3.63, 3.8) is 0 Å². The first-order chi connectivity index (χ1) is 14.1. The zero-order chi connectivity index (χ0) is 20.0. The topological polar surface area (TPSA) is 80.6 Å². The molecule has 2 heterocycles. The first-order valence-corrected chi connectivity index (χ1v) is 9.33. The number of anilines is 2. The number of hydrogen-bond donors (Lipinski definition) is 2. The number of carbonyl (C=O) groups is 2. The van der Waals surface area contributed by atoms with Gasteiger partial charge in [-0.25, -0.2) is 0 Å². The Morgan fingerprint density at radius 1 is 1.07 bits per heavy atom. The molecule has 1 aromatic heterocycles. The van der Waals surface area contributed by atoms with Crippen LogP contribution in [-0.4, -0.2) is 18.9 Å². The maximum absolute atomic E-state index is 13.1. The number of hydrogen-bond acceptors (Lipinski definition) is 4. The van der Waals surface area contributed by atoms with E-state index in [0.717, 1.165) is 21.9 Å². The van der Waals surface area contributed by atoms with E-state index in [1.165, 1.54) is 0 Å². The summed E-state index contributed by atoms with van der Waals surface area (Å²) in [4.78, 5) is 25.1. The summed E-state index contributed by atoms with van der Waals surface area (Å²) in [5, 5.41) is 7.63. The predicted molar refractivity (Wildman–Crippen MR) is 111 cm³/mol. The van der Waals surface area contributed by atoms with Gasteiger partial charge in [-0.15, -0.1) is 0 Å². The van der Waals surface area contributed by atoms with Crippen molar-refractivity contribution in [1.82, 2.24) is 0 Å². The lowest BCUT2D eigenvalue weighted by molar-refractivity contribution is -0.123. The molecule has 2 N–H and O–H groups in total. The van der Waals surface area contributed by atoms with E-state index in [1.807, 2.05) is 48.5 Å². The van der Waals surface area contributed by atoms with Crippen LogP contribution in [0.1, 0.15) is 17.9 Å². The highest BCUT2D eigenvalue weighted by atomic mass is 16.5. The first kappa shape index (κ1) is 17.3. The van der Waals surface area contributed by atoms with Gasteiger partial charge in [0.05, 0.1) is 18.7 Å². The molecule has 1 unspecified atom stereocenters.